The fourth-order valence-corrected chi connectivity index (χ4v) is 3.97. The van der Waals surface area contributed by atoms with Gasteiger partial charge in [-0.1, -0.05) is 36.8 Å². The van der Waals surface area contributed by atoms with Crippen LogP contribution in [0, 0.1) is 11.3 Å². The molecule has 3 rings (SSSR count). The van der Waals surface area contributed by atoms with Crippen molar-refractivity contribution in [2.24, 2.45) is 11.3 Å². The smallest absolute Gasteiger partial charge is 0.307 e. The van der Waals surface area contributed by atoms with Crippen molar-refractivity contribution in [3.8, 4) is 0 Å². The lowest BCUT2D eigenvalue weighted by molar-refractivity contribution is -0.145. The number of carboxylic acid groups (broad SMARTS) is 1. The van der Waals surface area contributed by atoms with Gasteiger partial charge in [0, 0.05) is 13.1 Å². The third kappa shape index (κ3) is 2.39. The van der Waals surface area contributed by atoms with Crippen LogP contribution in [0.25, 0.3) is 0 Å². The molecule has 0 unspecified atom stereocenters. The molecule has 19 heavy (non-hydrogen) atoms. The Kier molecular flexibility index (Phi) is 3.31. The van der Waals surface area contributed by atoms with Crippen LogP contribution in [-0.4, -0.2) is 29.1 Å². The Morgan fingerprint density at radius 1 is 1.32 bits per heavy atom. The largest absolute Gasteiger partial charge is 0.481 e. The van der Waals surface area contributed by atoms with E-state index < -0.39 is 5.97 Å². The summed E-state index contributed by atoms with van der Waals surface area (Å²) in [4.78, 5) is 13.8. The Morgan fingerprint density at radius 3 is 2.84 bits per heavy atom. The average Bonchev–Trinajstić information content (AvgIpc) is 2.99. The molecule has 1 aromatic rings. The molecule has 2 aliphatic rings. The maximum atomic E-state index is 11.4. The van der Waals surface area contributed by atoms with Gasteiger partial charge in [0.15, 0.2) is 0 Å². The van der Waals surface area contributed by atoms with Crippen molar-refractivity contribution in [2.45, 2.75) is 32.2 Å². The third-order valence-electron chi connectivity index (χ3n) is 4.92. The number of benzene rings is 1. The van der Waals surface area contributed by atoms with E-state index in [0.717, 1.165) is 45.3 Å². The van der Waals surface area contributed by atoms with Crippen LogP contribution in [0.4, 0.5) is 0 Å². The molecule has 3 heteroatoms. The van der Waals surface area contributed by atoms with Crippen LogP contribution in [0.2, 0.25) is 0 Å². The Balaban J connectivity index is 1.68. The second kappa shape index (κ2) is 4.97. The van der Waals surface area contributed by atoms with E-state index in [2.05, 4.69) is 29.2 Å². The van der Waals surface area contributed by atoms with Gasteiger partial charge in [0.1, 0.15) is 0 Å². The van der Waals surface area contributed by atoms with Crippen molar-refractivity contribution < 1.29 is 9.90 Å². The van der Waals surface area contributed by atoms with Gasteiger partial charge in [0.2, 0.25) is 0 Å². The molecule has 2 fully saturated rings. The minimum atomic E-state index is -0.584. The van der Waals surface area contributed by atoms with Crippen molar-refractivity contribution in [1.29, 1.82) is 0 Å². The first-order chi connectivity index (χ1) is 9.20. The van der Waals surface area contributed by atoms with Crippen LogP contribution in [0.3, 0.4) is 0 Å². The summed E-state index contributed by atoms with van der Waals surface area (Å²) in [7, 11) is 0. The molecule has 2 atom stereocenters. The quantitative estimate of drug-likeness (QED) is 0.907. The summed E-state index contributed by atoms with van der Waals surface area (Å²) in [6.45, 7) is 2.95. The molecule has 3 nitrogen and oxygen atoms in total. The van der Waals surface area contributed by atoms with Gasteiger partial charge >= 0.3 is 5.97 Å². The minimum absolute atomic E-state index is 0.0562. The van der Waals surface area contributed by atoms with Crippen molar-refractivity contribution in [3.05, 3.63) is 35.9 Å². The van der Waals surface area contributed by atoms with Gasteiger partial charge < -0.3 is 5.11 Å². The zero-order chi connectivity index (χ0) is 13.3. The number of carboxylic acids is 1. The second-order valence-corrected chi connectivity index (χ2v) is 6.09. The van der Waals surface area contributed by atoms with Crippen molar-refractivity contribution in [2.75, 3.05) is 13.1 Å². The van der Waals surface area contributed by atoms with Crippen LogP contribution < -0.4 is 0 Å². The van der Waals surface area contributed by atoms with Gasteiger partial charge in [0.05, 0.1) is 5.92 Å². The third-order valence-corrected chi connectivity index (χ3v) is 4.92. The molecular weight excluding hydrogens is 238 g/mol. The standard InChI is InChI=1S/C16H21NO2/c18-15(19)14-7-4-8-16(14)9-10-17(12-16)11-13-5-2-1-3-6-13/h1-3,5-6,14H,4,7-12H2,(H,18,19)/t14-,16+/m0/s1. The average molecular weight is 259 g/mol. The highest BCUT2D eigenvalue weighted by Gasteiger charge is 2.50. The molecular formula is C16H21NO2. The minimum Gasteiger partial charge on any atom is -0.481 e. The first-order valence-electron chi connectivity index (χ1n) is 7.19. The number of likely N-dealkylation sites (tertiary alicyclic amines) is 1. The molecule has 102 valence electrons. The number of nitrogens with zero attached hydrogens (tertiary/aromatic N) is 1. The highest BCUT2D eigenvalue weighted by Crippen LogP contribution is 2.49. The lowest BCUT2D eigenvalue weighted by Gasteiger charge is -2.28. The van der Waals surface area contributed by atoms with Crippen molar-refractivity contribution in [3.63, 3.8) is 0 Å². The Bertz CT molecular complexity index is 459. The maximum Gasteiger partial charge on any atom is 0.307 e. The van der Waals surface area contributed by atoms with Gasteiger partial charge in [-0.2, -0.15) is 0 Å². The van der Waals surface area contributed by atoms with Gasteiger partial charge in [-0.15, -0.1) is 0 Å². The van der Waals surface area contributed by atoms with Crippen molar-refractivity contribution >= 4 is 5.97 Å². The Labute approximate surface area is 114 Å². The number of hydrogen-bond acceptors (Lipinski definition) is 2. The molecule has 1 aliphatic heterocycles. The van der Waals surface area contributed by atoms with Crippen LogP contribution in [0.5, 0.6) is 0 Å². The molecule has 1 aromatic carbocycles. The maximum absolute atomic E-state index is 11.4. The molecule has 1 N–H and O–H groups in total. The van der Waals surface area contributed by atoms with E-state index >= 15 is 0 Å². The topological polar surface area (TPSA) is 40.5 Å². The summed E-state index contributed by atoms with van der Waals surface area (Å²) in [6, 6.07) is 10.5. The fourth-order valence-electron chi connectivity index (χ4n) is 3.97. The summed E-state index contributed by atoms with van der Waals surface area (Å²) in [6.07, 6.45) is 4.09. The Morgan fingerprint density at radius 2 is 2.11 bits per heavy atom. The van der Waals surface area contributed by atoms with E-state index in [1.807, 2.05) is 6.07 Å². The molecule has 1 saturated heterocycles. The molecule has 1 aliphatic carbocycles. The van der Waals surface area contributed by atoms with E-state index in [1.54, 1.807) is 0 Å². The first kappa shape index (κ1) is 12.7. The summed E-state index contributed by atoms with van der Waals surface area (Å²) in [5.74, 6) is -0.702. The van der Waals surface area contributed by atoms with Crippen molar-refractivity contribution in [1.82, 2.24) is 4.90 Å². The predicted molar refractivity (Wildman–Crippen MR) is 73.7 cm³/mol. The zero-order valence-electron chi connectivity index (χ0n) is 11.2. The first-order valence-corrected chi connectivity index (χ1v) is 7.19. The van der Waals surface area contributed by atoms with Gasteiger partial charge in [0.25, 0.3) is 0 Å². The zero-order valence-corrected chi connectivity index (χ0v) is 11.2. The lowest BCUT2D eigenvalue weighted by Crippen LogP contribution is -2.34. The highest BCUT2D eigenvalue weighted by molar-refractivity contribution is 5.71. The normalized spacial score (nSPS) is 31.1. The predicted octanol–water partition coefficient (Wildman–Crippen LogP) is 2.76. The van der Waals surface area contributed by atoms with Gasteiger partial charge in [-0.3, -0.25) is 9.69 Å². The number of rotatable bonds is 3. The number of carbonyl (C=O) groups is 1. The van der Waals surface area contributed by atoms with E-state index in [0.29, 0.717) is 0 Å². The van der Waals surface area contributed by atoms with E-state index in [9.17, 15) is 9.90 Å². The highest BCUT2D eigenvalue weighted by atomic mass is 16.4. The molecule has 1 heterocycles. The van der Waals surface area contributed by atoms with Crippen LogP contribution in [0.1, 0.15) is 31.2 Å². The summed E-state index contributed by atoms with van der Waals surface area (Å²) >= 11 is 0. The van der Waals surface area contributed by atoms with E-state index in [4.69, 9.17) is 0 Å². The van der Waals surface area contributed by atoms with E-state index in [1.165, 1.54) is 5.56 Å². The molecule has 1 spiro atoms. The number of aliphatic carboxylic acids is 1. The molecule has 0 radical (unpaired) electrons. The summed E-state index contributed by atoms with van der Waals surface area (Å²) in [5.41, 5.74) is 1.38. The monoisotopic (exact) mass is 259 g/mol. The van der Waals surface area contributed by atoms with Gasteiger partial charge in [-0.05, 0) is 36.8 Å². The molecule has 0 aromatic heterocycles. The second-order valence-electron chi connectivity index (χ2n) is 6.09. The SMILES string of the molecule is O=C(O)[C@@H]1CCC[C@]12CCN(Cc1ccccc1)C2. The Hall–Kier alpha value is -1.35. The van der Waals surface area contributed by atoms with Gasteiger partial charge in [-0.25, -0.2) is 0 Å². The van der Waals surface area contributed by atoms with E-state index in [-0.39, 0.29) is 11.3 Å². The molecule has 0 bridgehead atoms. The fraction of sp³-hybridized carbons (Fsp3) is 0.562. The molecule has 1 saturated carbocycles. The van der Waals surface area contributed by atoms with Crippen LogP contribution >= 0.6 is 0 Å². The summed E-state index contributed by atoms with van der Waals surface area (Å²) in [5, 5.41) is 9.40. The summed E-state index contributed by atoms with van der Waals surface area (Å²) < 4.78 is 0. The van der Waals surface area contributed by atoms with Crippen LogP contribution in [0.15, 0.2) is 30.3 Å². The lowest BCUT2D eigenvalue weighted by atomic mass is 9.77. The number of hydrogen-bond donors (Lipinski definition) is 1. The van der Waals surface area contributed by atoms with Crippen LogP contribution in [-0.2, 0) is 11.3 Å². The molecule has 0 amide bonds.